The van der Waals surface area contributed by atoms with Crippen molar-refractivity contribution in [2.24, 2.45) is 0 Å². The molecule has 2 rings (SSSR count). The molecule has 0 saturated carbocycles. The monoisotopic (exact) mass is 366 g/mol. The minimum Gasteiger partial charge on any atom is -0.479 e. The highest BCUT2D eigenvalue weighted by Gasteiger charge is 2.28. The van der Waals surface area contributed by atoms with Gasteiger partial charge in [-0.15, -0.1) is 6.42 Å². The second-order valence-electron chi connectivity index (χ2n) is 4.20. The molecule has 0 heterocycles. The Kier molecular flexibility index (Phi) is 5.03. The van der Waals surface area contributed by atoms with E-state index in [2.05, 4.69) is 5.92 Å². The highest BCUT2D eigenvalue weighted by atomic mass is 35.5. The quantitative estimate of drug-likeness (QED) is 0.307. The molecule has 0 spiro atoms. The van der Waals surface area contributed by atoms with E-state index in [0.29, 0.717) is 0 Å². The van der Waals surface area contributed by atoms with Crippen molar-refractivity contribution in [3.05, 3.63) is 51.3 Å². The molecule has 23 heavy (non-hydrogen) atoms. The van der Waals surface area contributed by atoms with Gasteiger partial charge < -0.3 is 4.74 Å². The molecule has 0 unspecified atom stereocenters. The van der Waals surface area contributed by atoms with Gasteiger partial charge in [-0.1, -0.05) is 29.1 Å². The smallest absolute Gasteiger partial charge is 0.200 e. The molecular formula is C15H5Cl2F5O. The van der Waals surface area contributed by atoms with E-state index in [0.717, 1.165) is 12.1 Å². The first-order chi connectivity index (χ1) is 10.8. The normalized spacial score (nSPS) is 10.5. The van der Waals surface area contributed by atoms with Crippen molar-refractivity contribution in [2.45, 2.75) is 0 Å². The molecular weight excluding hydrogens is 362 g/mol. The van der Waals surface area contributed by atoms with Gasteiger partial charge in [0.15, 0.2) is 23.3 Å². The summed E-state index contributed by atoms with van der Waals surface area (Å²) in [5.41, 5.74) is -1.66. The van der Waals surface area contributed by atoms with Crippen LogP contribution in [0.2, 0.25) is 10.0 Å². The standard InChI is InChI=1S/C15H5Cl2F5O/c1-2-3-23-9-4-6(7(16)5-8(9)17)10-11(18)13(20)15(22)14(21)12(10)19/h1,4-5H,3H2. The molecule has 0 bridgehead atoms. The number of hydrogen-bond acceptors (Lipinski definition) is 1. The van der Waals surface area contributed by atoms with E-state index in [1.54, 1.807) is 0 Å². The van der Waals surface area contributed by atoms with Crippen LogP contribution in [-0.4, -0.2) is 6.61 Å². The van der Waals surface area contributed by atoms with Crippen LogP contribution in [0.5, 0.6) is 5.75 Å². The van der Waals surface area contributed by atoms with Crippen molar-refractivity contribution < 1.29 is 26.7 Å². The van der Waals surface area contributed by atoms with E-state index < -0.39 is 40.2 Å². The summed E-state index contributed by atoms with van der Waals surface area (Å²) in [5, 5.41) is -0.371. The molecule has 0 aliphatic carbocycles. The predicted molar refractivity (Wildman–Crippen MR) is 76.0 cm³/mol. The molecule has 0 aliphatic rings. The summed E-state index contributed by atoms with van der Waals surface area (Å²) in [6.07, 6.45) is 5.01. The summed E-state index contributed by atoms with van der Waals surface area (Å²) in [6, 6.07) is 1.99. The van der Waals surface area contributed by atoms with Crippen LogP contribution in [-0.2, 0) is 0 Å². The Balaban J connectivity index is 2.75. The number of terminal acetylenes is 1. The predicted octanol–water partition coefficient (Wildman–Crippen LogP) is 5.37. The molecule has 2 aromatic carbocycles. The van der Waals surface area contributed by atoms with Crippen molar-refractivity contribution >= 4 is 23.2 Å². The third-order valence-electron chi connectivity index (χ3n) is 2.81. The maximum absolute atomic E-state index is 13.9. The van der Waals surface area contributed by atoms with Crippen molar-refractivity contribution in [1.29, 1.82) is 0 Å². The Labute approximate surface area is 137 Å². The van der Waals surface area contributed by atoms with Crippen molar-refractivity contribution in [3.63, 3.8) is 0 Å². The lowest BCUT2D eigenvalue weighted by atomic mass is 10.0. The third-order valence-corrected chi connectivity index (χ3v) is 3.42. The summed E-state index contributed by atoms with van der Waals surface area (Å²) in [4.78, 5) is 0. The van der Waals surface area contributed by atoms with Crippen LogP contribution in [0.1, 0.15) is 0 Å². The first-order valence-corrected chi connectivity index (χ1v) is 6.62. The summed E-state index contributed by atoms with van der Waals surface area (Å²) < 4.78 is 72.5. The van der Waals surface area contributed by atoms with Crippen molar-refractivity contribution in [1.82, 2.24) is 0 Å². The Bertz CT molecular complexity index is 801. The van der Waals surface area contributed by atoms with Gasteiger partial charge in [0.05, 0.1) is 15.6 Å². The lowest BCUT2D eigenvalue weighted by Gasteiger charge is -2.13. The second-order valence-corrected chi connectivity index (χ2v) is 5.01. The number of benzene rings is 2. The molecule has 0 atom stereocenters. The Morgan fingerprint density at radius 2 is 1.39 bits per heavy atom. The van der Waals surface area contributed by atoms with Crippen molar-refractivity contribution in [3.8, 4) is 29.2 Å². The second kappa shape index (κ2) is 6.65. The lowest BCUT2D eigenvalue weighted by molar-refractivity contribution is 0.370. The van der Waals surface area contributed by atoms with E-state index in [1.165, 1.54) is 0 Å². The lowest BCUT2D eigenvalue weighted by Crippen LogP contribution is -2.04. The van der Waals surface area contributed by atoms with Crippen LogP contribution in [0.15, 0.2) is 12.1 Å². The molecule has 120 valence electrons. The van der Waals surface area contributed by atoms with E-state index >= 15 is 0 Å². The van der Waals surface area contributed by atoms with Crippen LogP contribution in [0.4, 0.5) is 22.0 Å². The van der Waals surface area contributed by atoms with E-state index in [1.807, 2.05) is 0 Å². The van der Waals surface area contributed by atoms with E-state index in [4.69, 9.17) is 34.4 Å². The summed E-state index contributed by atoms with van der Waals surface area (Å²) in [7, 11) is 0. The minimum atomic E-state index is -2.27. The average Bonchev–Trinajstić information content (AvgIpc) is 2.52. The first-order valence-electron chi connectivity index (χ1n) is 5.86. The number of halogens is 7. The summed E-state index contributed by atoms with van der Waals surface area (Å²) in [6.45, 7) is -0.224. The topological polar surface area (TPSA) is 9.23 Å². The summed E-state index contributed by atoms with van der Waals surface area (Å²) in [5.74, 6) is -8.46. The van der Waals surface area contributed by atoms with Gasteiger partial charge in [0, 0.05) is 5.56 Å². The van der Waals surface area contributed by atoms with Crippen LogP contribution in [0.3, 0.4) is 0 Å². The largest absolute Gasteiger partial charge is 0.479 e. The molecule has 8 heteroatoms. The van der Waals surface area contributed by atoms with Crippen LogP contribution in [0, 0.1) is 41.4 Å². The fourth-order valence-corrected chi connectivity index (χ4v) is 2.32. The summed E-state index contributed by atoms with van der Waals surface area (Å²) >= 11 is 11.6. The molecule has 0 N–H and O–H groups in total. The molecule has 2 aromatic rings. The van der Waals surface area contributed by atoms with Gasteiger partial charge >= 0.3 is 0 Å². The minimum absolute atomic E-state index is 0.0436. The zero-order valence-electron chi connectivity index (χ0n) is 11.0. The first kappa shape index (κ1) is 17.4. The van der Waals surface area contributed by atoms with Crippen LogP contribution in [0.25, 0.3) is 11.1 Å². The maximum atomic E-state index is 13.9. The highest BCUT2D eigenvalue weighted by molar-refractivity contribution is 6.37. The Morgan fingerprint density at radius 1 is 0.870 bits per heavy atom. The molecule has 0 aromatic heterocycles. The van der Waals surface area contributed by atoms with Gasteiger partial charge in [-0.2, -0.15) is 0 Å². The zero-order valence-corrected chi connectivity index (χ0v) is 12.5. The number of rotatable bonds is 3. The highest BCUT2D eigenvalue weighted by Crippen LogP contribution is 2.40. The van der Waals surface area contributed by atoms with Gasteiger partial charge in [-0.05, 0) is 12.1 Å². The van der Waals surface area contributed by atoms with E-state index in [9.17, 15) is 22.0 Å². The molecule has 0 amide bonds. The van der Waals surface area contributed by atoms with Gasteiger partial charge in [-0.25, -0.2) is 22.0 Å². The molecule has 0 aliphatic heterocycles. The Hall–Kier alpha value is -1.97. The SMILES string of the molecule is C#CCOc1cc(-c2c(F)c(F)c(F)c(F)c2F)c(Cl)cc1Cl. The Morgan fingerprint density at radius 3 is 1.91 bits per heavy atom. The number of ether oxygens (including phenoxy) is 1. The maximum Gasteiger partial charge on any atom is 0.200 e. The number of hydrogen-bond donors (Lipinski definition) is 0. The molecule has 0 radical (unpaired) electrons. The van der Waals surface area contributed by atoms with Gasteiger partial charge in [-0.3, -0.25) is 0 Å². The van der Waals surface area contributed by atoms with E-state index in [-0.39, 0.29) is 22.4 Å². The fraction of sp³-hybridized carbons (Fsp3) is 0.0667. The molecule has 0 saturated heterocycles. The zero-order chi connectivity index (χ0) is 17.3. The van der Waals surface area contributed by atoms with Gasteiger partial charge in [0.2, 0.25) is 5.82 Å². The van der Waals surface area contributed by atoms with Gasteiger partial charge in [0.1, 0.15) is 12.4 Å². The average molecular weight is 367 g/mol. The molecule has 1 nitrogen and oxygen atoms in total. The van der Waals surface area contributed by atoms with Crippen LogP contribution < -0.4 is 4.74 Å². The van der Waals surface area contributed by atoms with Crippen LogP contribution >= 0.6 is 23.2 Å². The fourth-order valence-electron chi connectivity index (χ4n) is 1.79. The van der Waals surface area contributed by atoms with Gasteiger partial charge in [0.25, 0.3) is 0 Å². The third kappa shape index (κ3) is 3.07. The van der Waals surface area contributed by atoms with Crippen molar-refractivity contribution in [2.75, 3.05) is 6.61 Å². The molecule has 0 fully saturated rings.